The van der Waals surface area contributed by atoms with Gasteiger partial charge in [-0.25, -0.2) is 0 Å². The summed E-state index contributed by atoms with van der Waals surface area (Å²) in [4.78, 5) is 2.40. The first-order chi connectivity index (χ1) is 24.1. The molecular weight excluding hydrogens is 591 g/mol. The number of fused-ring (bicyclic) bond motifs is 5. The van der Waals surface area contributed by atoms with Gasteiger partial charge in [0.05, 0.1) is 5.69 Å². The standard InChI is InChI=1S/C48H37N/c1-4-5-15-40-30-43(31-41-27-26-37(34(3)48(40)41)28-33(2)36-25-24-35-16-9-10-17-38(35)29-36)49(42-19-7-6-8-20-42)47-32-39-18-11-12-21-44(39)45-22-13-14-23-46(45)47/h5-32H,2-4H2,1H3/b15-5-,37-28-. The van der Waals surface area contributed by atoms with E-state index in [-0.39, 0.29) is 0 Å². The smallest absolute Gasteiger partial charge is 0.0546 e. The number of rotatable bonds is 7. The van der Waals surface area contributed by atoms with Crippen molar-refractivity contribution >= 4 is 84.5 Å². The normalized spacial score (nSPS) is 12.1. The molecule has 8 aromatic carbocycles. The van der Waals surface area contributed by atoms with E-state index < -0.39 is 0 Å². The van der Waals surface area contributed by atoms with Crippen molar-refractivity contribution in [2.24, 2.45) is 0 Å². The highest BCUT2D eigenvalue weighted by molar-refractivity contribution is 6.15. The Morgan fingerprint density at radius 1 is 0.592 bits per heavy atom. The SMILES string of the molecule is C=C(/C=c1/ccc2cc(N(c3ccccc3)c3cc4ccccc4c4ccccc34)cc(/C=C\CC)c2c1=C)c1ccc2ccccc2c1. The third-order valence-electron chi connectivity index (χ3n) is 9.52. The molecule has 0 saturated carbocycles. The summed E-state index contributed by atoms with van der Waals surface area (Å²) in [5.41, 5.74) is 6.59. The van der Waals surface area contributed by atoms with Crippen LogP contribution in [0.15, 0.2) is 164 Å². The molecule has 234 valence electrons. The predicted molar refractivity (Wildman–Crippen MR) is 215 cm³/mol. The molecule has 0 heterocycles. The minimum absolute atomic E-state index is 0.945. The van der Waals surface area contributed by atoms with Crippen LogP contribution >= 0.6 is 0 Å². The lowest BCUT2D eigenvalue weighted by Crippen LogP contribution is -2.24. The molecule has 0 amide bonds. The van der Waals surface area contributed by atoms with Gasteiger partial charge in [-0.1, -0.05) is 147 Å². The van der Waals surface area contributed by atoms with E-state index in [4.69, 9.17) is 0 Å². The van der Waals surface area contributed by atoms with Crippen LogP contribution in [0.3, 0.4) is 0 Å². The van der Waals surface area contributed by atoms with Gasteiger partial charge in [0.15, 0.2) is 0 Å². The maximum absolute atomic E-state index is 4.66. The lowest BCUT2D eigenvalue weighted by molar-refractivity contribution is 1.23. The van der Waals surface area contributed by atoms with Crippen molar-refractivity contribution in [2.75, 3.05) is 4.90 Å². The van der Waals surface area contributed by atoms with E-state index >= 15 is 0 Å². The van der Waals surface area contributed by atoms with Crippen LogP contribution in [0.2, 0.25) is 0 Å². The second-order valence-electron chi connectivity index (χ2n) is 12.6. The summed E-state index contributed by atoms with van der Waals surface area (Å²) in [6.07, 6.45) is 7.61. The Balaban J connectivity index is 1.34. The van der Waals surface area contributed by atoms with Crippen LogP contribution in [-0.4, -0.2) is 0 Å². The minimum atomic E-state index is 0.945. The highest BCUT2D eigenvalue weighted by Gasteiger charge is 2.18. The van der Waals surface area contributed by atoms with Gasteiger partial charge in [-0.2, -0.15) is 0 Å². The lowest BCUT2D eigenvalue weighted by Gasteiger charge is -2.28. The van der Waals surface area contributed by atoms with Crippen LogP contribution in [0.4, 0.5) is 17.1 Å². The zero-order valence-corrected chi connectivity index (χ0v) is 27.7. The van der Waals surface area contributed by atoms with Crippen molar-refractivity contribution in [3.05, 3.63) is 186 Å². The lowest BCUT2D eigenvalue weighted by atomic mass is 9.96. The van der Waals surface area contributed by atoms with E-state index in [0.29, 0.717) is 0 Å². The van der Waals surface area contributed by atoms with Crippen LogP contribution in [0.5, 0.6) is 0 Å². The van der Waals surface area contributed by atoms with Crippen LogP contribution in [0, 0.1) is 0 Å². The van der Waals surface area contributed by atoms with Crippen molar-refractivity contribution in [3.63, 3.8) is 0 Å². The average Bonchev–Trinajstić information content (AvgIpc) is 3.15. The summed E-state index contributed by atoms with van der Waals surface area (Å²) in [6.45, 7) is 11.3. The molecular formula is C48H37N. The molecule has 1 heteroatoms. The molecule has 0 saturated heterocycles. The monoisotopic (exact) mass is 627 g/mol. The Morgan fingerprint density at radius 3 is 2.06 bits per heavy atom. The maximum Gasteiger partial charge on any atom is 0.0546 e. The predicted octanol–water partition coefficient (Wildman–Crippen LogP) is 12.1. The van der Waals surface area contributed by atoms with Crippen molar-refractivity contribution in [2.45, 2.75) is 13.3 Å². The Bertz CT molecular complexity index is 2680. The summed E-state index contributed by atoms with van der Waals surface area (Å²) in [5.74, 6) is 0. The fourth-order valence-electron chi connectivity index (χ4n) is 7.10. The summed E-state index contributed by atoms with van der Waals surface area (Å²) in [6, 6.07) is 54.5. The minimum Gasteiger partial charge on any atom is -0.310 e. The first-order valence-corrected chi connectivity index (χ1v) is 17.0. The van der Waals surface area contributed by atoms with Gasteiger partial charge in [0.2, 0.25) is 0 Å². The molecule has 0 fully saturated rings. The molecule has 0 aliphatic carbocycles. The number of hydrogen-bond donors (Lipinski definition) is 0. The van der Waals surface area contributed by atoms with Crippen LogP contribution < -0.4 is 15.3 Å². The molecule has 49 heavy (non-hydrogen) atoms. The van der Waals surface area contributed by atoms with Gasteiger partial charge in [0, 0.05) is 16.8 Å². The average molecular weight is 628 g/mol. The molecule has 0 radical (unpaired) electrons. The molecule has 0 atom stereocenters. The maximum atomic E-state index is 4.66. The zero-order chi connectivity index (χ0) is 33.3. The summed E-state index contributed by atoms with van der Waals surface area (Å²) >= 11 is 0. The van der Waals surface area contributed by atoms with Gasteiger partial charge in [0.25, 0.3) is 0 Å². The third-order valence-corrected chi connectivity index (χ3v) is 9.52. The summed E-state index contributed by atoms with van der Waals surface area (Å²) in [7, 11) is 0. The number of benzene rings is 8. The molecule has 0 aliphatic rings. The molecule has 0 unspecified atom stereocenters. The Morgan fingerprint density at radius 2 is 1.27 bits per heavy atom. The molecule has 0 N–H and O–H groups in total. The molecule has 0 spiro atoms. The first kappa shape index (κ1) is 30.2. The van der Waals surface area contributed by atoms with Gasteiger partial charge in [-0.05, 0) is 114 Å². The number of allylic oxidation sites excluding steroid dienone is 2. The van der Waals surface area contributed by atoms with E-state index in [1.54, 1.807) is 0 Å². The number of para-hydroxylation sites is 1. The van der Waals surface area contributed by atoms with Crippen molar-refractivity contribution < 1.29 is 0 Å². The first-order valence-electron chi connectivity index (χ1n) is 17.0. The fraction of sp³-hybridized carbons (Fsp3) is 0.0417. The number of anilines is 3. The van der Waals surface area contributed by atoms with Gasteiger partial charge in [0.1, 0.15) is 0 Å². The summed E-state index contributed by atoms with van der Waals surface area (Å²) < 4.78 is 0. The Kier molecular flexibility index (Phi) is 7.87. The van der Waals surface area contributed by atoms with Crippen molar-refractivity contribution in [1.82, 2.24) is 0 Å². The molecule has 0 aliphatic heterocycles. The molecule has 8 aromatic rings. The van der Waals surface area contributed by atoms with E-state index in [9.17, 15) is 0 Å². The second kappa shape index (κ2) is 12.8. The highest BCUT2D eigenvalue weighted by Crippen LogP contribution is 2.43. The topological polar surface area (TPSA) is 3.24 Å². The number of nitrogens with zero attached hydrogens (tertiary/aromatic N) is 1. The van der Waals surface area contributed by atoms with Gasteiger partial charge >= 0.3 is 0 Å². The van der Waals surface area contributed by atoms with Crippen LogP contribution in [0.25, 0.3) is 67.4 Å². The number of hydrogen-bond acceptors (Lipinski definition) is 1. The van der Waals surface area contributed by atoms with E-state index in [1.807, 2.05) is 0 Å². The molecule has 1 nitrogen and oxygen atoms in total. The Hall–Kier alpha value is -6.18. The van der Waals surface area contributed by atoms with Crippen molar-refractivity contribution in [3.8, 4) is 0 Å². The molecule has 0 bridgehead atoms. The van der Waals surface area contributed by atoms with Crippen LogP contribution in [0.1, 0.15) is 24.5 Å². The van der Waals surface area contributed by atoms with E-state index in [0.717, 1.165) is 61.4 Å². The molecule has 8 rings (SSSR count). The summed E-state index contributed by atoms with van der Waals surface area (Å²) in [5, 5.41) is 11.8. The fourth-order valence-corrected chi connectivity index (χ4v) is 7.10. The quantitative estimate of drug-likeness (QED) is 0.159. The van der Waals surface area contributed by atoms with Crippen molar-refractivity contribution in [1.29, 1.82) is 0 Å². The second-order valence-corrected chi connectivity index (χ2v) is 12.6. The van der Waals surface area contributed by atoms with E-state index in [1.165, 1.54) is 32.3 Å². The van der Waals surface area contributed by atoms with E-state index in [2.05, 4.69) is 195 Å². The highest BCUT2D eigenvalue weighted by atomic mass is 15.1. The third kappa shape index (κ3) is 5.60. The van der Waals surface area contributed by atoms with Gasteiger partial charge in [-0.15, -0.1) is 0 Å². The van der Waals surface area contributed by atoms with Gasteiger partial charge < -0.3 is 4.90 Å². The largest absolute Gasteiger partial charge is 0.310 e. The zero-order valence-electron chi connectivity index (χ0n) is 27.7. The molecule has 0 aromatic heterocycles. The Labute approximate surface area is 287 Å². The van der Waals surface area contributed by atoms with Gasteiger partial charge in [-0.3, -0.25) is 0 Å². The van der Waals surface area contributed by atoms with Crippen LogP contribution in [-0.2, 0) is 0 Å².